The molecule has 5 nitrogen and oxygen atoms in total. The first-order valence-electron chi connectivity index (χ1n) is 4.58. The molecule has 0 heterocycles. The molecule has 82 valence electrons. The summed E-state index contributed by atoms with van der Waals surface area (Å²) >= 11 is 0. The monoisotopic (exact) mass is 210 g/mol. The molecule has 0 aliphatic carbocycles. The normalized spacial score (nSPS) is 9.67. The van der Waals surface area contributed by atoms with Crippen LogP contribution in [0.3, 0.4) is 0 Å². The number of hydrogen-bond donors (Lipinski definition) is 3. The minimum absolute atomic E-state index is 0.0656. The average molecular weight is 210 g/mol. The molecule has 0 radical (unpaired) electrons. The fraction of sp³-hybridized carbons (Fsp3) is 0.300. The number of nitrogens with two attached hydrogens (primary N) is 1. The van der Waals surface area contributed by atoms with Gasteiger partial charge in [-0.05, 0) is 24.3 Å². The molecule has 0 fully saturated rings. The summed E-state index contributed by atoms with van der Waals surface area (Å²) in [6.45, 7) is 0.0987. The predicted octanol–water partition coefficient (Wildman–Crippen LogP) is -0.244. The minimum atomic E-state index is -0.263. The summed E-state index contributed by atoms with van der Waals surface area (Å²) < 4.78 is 5.17. The van der Waals surface area contributed by atoms with E-state index in [-0.39, 0.29) is 25.7 Å². The molecule has 0 spiro atoms. The number of carbonyl (C=O) groups excluding carboxylic acids is 1. The third-order valence-corrected chi connectivity index (χ3v) is 1.68. The average Bonchev–Trinajstić information content (AvgIpc) is 2.25. The van der Waals surface area contributed by atoms with Gasteiger partial charge in [0.1, 0.15) is 5.75 Å². The van der Waals surface area contributed by atoms with Gasteiger partial charge < -0.3 is 20.9 Å². The van der Waals surface area contributed by atoms with Crippen molar-refractivity contribution in [2.24, 2.45) is 0 Å². The smallest absolute Gasteiger partial charge is 0.258 e. The minimum Gasteiger partial charge on any atom is -0.484 e. The van der Waals surface area contributed by atoms with Gasteiger partial charge in [-0.3, -0.25) is 4.79 Å². The third kappa shape index (κ3) is 4.33. The van der Waals surface area contributed by atoms with Crippen LogP contribution in [-0.2, 0) is 4.79 Å². The van der Waals surface area contributed by atoms with Crippen LogP contribution in [0.5, 0.6) is 5.75 Å². The molecule has 15 heavy (non-hydrogen) atoms. The van der Waals surface area contributed by atoms with Gasteiger partial charge >= 0.3 is 0 Å². The summed E-state index contributed by atoms with van der Waals surface area (Å²) in [6.07, 6.45) is 0. The molecule has 0 atom stereocenters. The van der Waals surface area contributed by atoms with E-state index in [1.54, 1.807) is 24.3 Å². The maximum atomic E-state index is 11.1. The van der Waals surface area contributed by atoms with Crippen LogP contribution in [0.2, 0.25) is 0 Å². The van der Waals surface area contributed by atoms with Crippen LogP contribution in [-0.4, -0.2) is 30.8 Å². The van der Waals surface area contributed by atoms with Gasteiger partial charge in [-0.15, -0.1) is 0 Å². The van der Waals surface area contributed by atoms with Crippen molar-refractivity contribution in [1.29, 1.82) is 0 Å². The Morgan fingerprint density at radius 3 is 2.67 bits per heavy atom. The second-order valence-electron chi connectivity index (χ2n) is 2.93. The van der Waals surface area contributed by atoms with Crippen LogP contribution >= 0.6 is 0 Å². The molecule has 0 unspecified atom stereocenters. The van der Waals surface area contributed by atoms with Crippen molar-refractivity contribution < 1.29 is 14.6 Å². The van der Waals surface area contributed by atoms with Crippen LogP contribution in [0.15, 0.2) is 24.3 Å². The fourth-order valence-electron chi connectivity index (χ4n) is 0.959. The summed E-state index contributed by atoms with van der Waals surface area (Å²) in [5, 5.41) is 10.9. The number of aliphatic hydroxyl groups is 1. The lowest BCUT2D eigenvalue weighted by Crippen LogP contribution is -2.31. The summed E-state index contributed by atoms with van der Waals surface area (Å²) in [7, 11) is 0. The Morgan fingerprint density at radius 1 is 1.40 bits per heavy atom. The molecule has 5 heteroatoms. The van der Waals surface area contributed by atoms with E-state index in [2.05, 4.69) is 5.32 Å². The number of carbonyl (C=O) groups is 1. The lowest BCUT2D eigenvalue weighted by atomic mass is 10.3. The van der Waals surface area contributed by atoms with Gasteiger partial charge in [0.25, 0.3) is 5.91 Å². The van der Waals surface area contributed by atoms with E-state index in [9.17, 15) is 4.79 Å². The second kappa shape index (κ2) is 5.87. The highest BCUT2D eigenvalue weighted by atomic mass is 16.5. The van der Waals surface area contributed by atoms with Crippen molar-refractivity contribution in [2.75, 3.05) is 25.5 Å². The first-order chi connectivity index (χ1) is 7.22. The zero-order chi connectivity index (χ0) is 11.1. The number of hydrogen-bond acceptors (Lipinski definition) is 4. The van der Waals surface area contributed by atoms with Gasteiger partial charge in [-0.2, -0.15) is 0 Å². The Bertz CT molecular complexity index is 311. The van der Waals surface area contributed by atoms with Gasteiger partial charge in [-0.1, -0.05) is 0 Å². The largest absolute Gasteiger partial charge is 0.484 e. The van der Waals surface area contributed by atoms with Crippen LogP contribution in [0.1, 0.15) is 0 Å². The molecule has 0 bridgehead atoms. The Balaban J connectivity index is 2.30. The highest BCUT2D eigenvalue weighted by molar-refractivity contribution is 5.77. The topological polar surface area (TPSA) is 84.6 Å². The summed E-state index contributed by atoms with van der Waals surface area (Å²) in [5.41, 5.74) is 6.13. The molecule has 0 aliphatic rings. The van der Waals surface area contributed by atoms with Crippen molar-refractivity contribution in [3.8, 4) is 5.75 Å². The van der Waals surface area contributed by atoms with Crippen LogP contribution < -0.4 is 15.8 Å². The first-order valence-corrected chi connectivity index (χ1v) is 4.58. The number of rotatable bonds is 5. The Hall–Kier alpha value is -1.75. The van der Waals surface area contributed by atoms with Crippen molar-refractivity contribution >= 4 is 11.6 Å². The standard InChI is InChI=1S/C10H14N2O3/c11-8-1-3-9(4-2-8)15-7-10(14)12-5-6-13/h1-4,13H,5-7,11H2,(H,12,14). The van der Waals surface area contributed by atoms with E-state index < -0.39 is 0 Å². The van der Waals surface area contributed by atoms with Crippen molar-refractivity contribution in [3.05, 3.63) is 24.3 Å². The lowest BCUT2D eigenvalue weighted by Gasteiger charge is -2.06. The number of nitrogen functional groups attached to an aromatic ring is 1. The molecular weight excluding hydrogens is 196 g/mol. The number of ether oxygens (including phenoxy) is 1. The van der Waals surface area contributed by atoms with Gasteiger partial charge in [0.2, 0.25) is 0 Å². The third-order valence-electron chi connectivity index (χ3n) is 1.68. The Labute approximate surface area is 87.9 Å². The molecule has 0 aliphatic heterocycles. The van der Waals surface area contributed by atoms with E-state index >= 15 is 0 Å². The van der Waals surface area contributed by atoms with Gasteiger partial charge in [0, 0.05) is 12.2 Å². The summed E-state index contributed by atoms with van der Waals surface area (Å²) in [5.74, 6) is 0.323. The molecular formula is C10H14N2O3. The molecule has 4 N–H and O–H groups in total. The van der Waals surface area contributed by atoms with Crippen LogP contribution in [0.25, 0.3) is 0 Å². The second-order valence-corrected chi connectivity index (χ2v) is 2.93. The van der Waals surface area contributed by atoms with Gasteiger partial charge in [-0.25, -0.2) is 0 Å². The molecule has 1 rings (SSSR count). The molecule has 1 aromatic rings. The zero-order valence-corrected chi connectivity index (χ0v) is 8.27. The van der Waals surface area contributed by atoms with Crippen molar-refractivity contribution in [2.45, 2.75) is 0 Å². The number of amides is 1. The Morgan fingerprint density at radius 2 is 2.07 bits per heavy atom. The maximum Gasteiger partial charge on any atom is 0.258 e. The summed E-state index contributed by atoms with van der Waals surface area (Å²) in [4.78, 5) is 11.1. The van der Waals surface area contributed by atoms with Gasteiger partial charge in [0.05, 0.1) is 6.61 Å². The van der Waals surface area contributed by atoms with Gasteiger partial charge in [0.15, 0.2) is 6.61 Å². The highest BCUT2D eigenvalue weighted by Gasteiger charge is 2.00. The zero-order valence-electron chi connectivity index (χ0n) is 8.27. The first kappa shape index (κ1) is 11.3. The number of nitrogens with one attached hydrogen (secondary N) is 1. The quantitative estimate of drug-likeness (QED) is 0.585. The molecule has 1 aromatic carbocycles. The molecule has 0 saturated carbocycles. The summed E-state index contributed by atoms with van der Waals surface area (Å²) in [6, 6.07) is 6.77. The van der Waals surface area contributed by atoms with E-state index in [1.807, 2.05) is 0 Å². The van der Waals surface area contributed by atoms with Crippen molar-refractivity contribution in [3.63, 3.8) is 0 Å². The SMILES string of the molecule is Nc1ccc(OCC(=O)NCCO)cc1. The van der Waals surface area contributed by atoms with E-state index in [4.69, 9.17) is 15.6 Å². The highest BCUT2D eigenvalue weighted by Crippen LogP contribution is 2.12. The van der Waals surface area contributed by atoms with Crippen LogP contribution in [0, 0.1) is 0 Å². The number of anilines is 1. The molecule has 0 aromatic heterocycles. The van der Waals surface area contributed by atoms with Crippen molar-refractivity contribution in [1.82, 2.24) is 5.32 Å². The predicted molar refractivity (Wildman–Crippen MR) is 56.4 cm³/mol. The van der Waals surface area contributed by atoms with Crippen LogP contribution in [0.4, 0.5) is 5.69 Å². The fourth-order valence-corrected chi connectivity index (χ4v) is 0.959. The van der Waals surface area contributed by atoms with E-state index in [0.717, 1.165) is 0 Å². The number of aliphatic hydroxyl groups excluding tert-OH is 1. The molecule has 0 saturated heterocycles. The van der Waals surface area contributed by atoms with E-state index in [1.165, 1.54) is 0 Å². The van der Waals surface area contributed by atoms with E-state index in [0.29, 0.717) is 11.4 Å². The molecule has 1 amide bonds. The maximum absolute atomic E-state index is 11.1. The number of benzene rings is 1. The Kier molecular flexibility index (Phi) is 4.43. The lowest BCUT2D eigenvalue weighted by molar-refractivity contribution is -0.123.